The molecule has 0 aromatic carbocycles. The van der Waals surface area contributed by atoms with Crippen LogP contribution in [0.1, 0.15) is 59.8 Å². The molecule has 0 radical (unpaired) electrons. The number of amides is 1. The van der Waals surface area contributed by atoms with Crippen LogP contribution in [0.5, 0.6) is 0 Å². The second-order valence-electron chi connectivity index (χ2n) is 6.52. The minimum Gasteiger partial charge on any atom is -0.444 e. The molecule has 1 fully saturated rings. The fourth-order valence-corrected chi connectivity index (χ4v) is 2.52. The van der Waals surface area contributed by atoms with Crippen LogP contribution < -0.4 is 10.6 Å². The number of nitrogens with one attached hydrogen (secondary N) is 2. The Hall–Kier alpha value is -1.03. The van der Waals surface area contributed by atoms with E-state index in [1.54, 1.807) is 0 Å². The summed E-state index contributed by atoms with van der Waals surface area (Å²) in [7, 11) is 0. The van der Waals surface area contributed by atoms with Gasteiger partial charge in [-0.3, -0.25) is 0 Å². The summed E-state index contributed by atoms with van der Waals surface area (Å²) in [6, 6.07) is 0.742. The summed E-state index contributed by atoms with van der Waals surface area (Å²) in [4.78, 5) is 11.8. The Bertz CT molecular complexity index is 321. The minimum absolute atomic E-state index is 0.234. The molecular weight excluding hydrogens is 252 g/mol. The molecule has 20 heavy (non-hydrogen) atoms. The first kappa shape index (κ1) is 17.0. The van der Waals surface area contributed by atoms with Gasteiger partial charge in [-0.25, -0.2) is 4.79 Å². The van der Waals surface area contributed by atoms with Crippen molar-refractivity contribution in [2.24, 2.45) is 0 Å². The van der Waals surface area contributed by atoms with E-state index in [1.807, 2.05) is 27.7 Å². The predicted molar refractivity (Wildman–Crippen MR) is 82.8 cm³/mol. The first-order valence-corrected chi connectivity index (χ1v) is 7.75. The molecule has 116 valence electrons. The molecule has 2 N–H and O–H groups in total. The molecule has 0 spiro atoms. The summed E-state index contributed by atoms with van der Waals surface area (Å²) < 4.78 is 5.31. The molecule has 0 aromatic rings. The van der Waals surface area contributed by atoms with E-state index in [2.05, 4.69) is 22.8 Å². The highest BCUT2D eigenvalue weighted by Crippen LogP contribution is 2.19. The van der Waals surface area contributed by atoms with Gasteiger partial charge >= 0.3 is 6.09 Å². The van der Waals surface area contributed by atoms with Crippen molar-refractivity contribution in [3.05, 3.63) is 12.2 Å². The van der Waals surface area contributed by atoms with Gasteiger partial charge in [0.2, 0.25) is 0 Å². The average molecular weight is 282 g/mol. The number of rotatable bonds is 5. The zero-order chi connectivity index (χ0) is 15.0. The second kappa shape index (κ2) is 8.30. The molecule has 2 unspecified atom stereocenters. The Balaban J connectivity index is 2.28. The third kappa shape index (κ3) is 7.53. The number of hydrogen-bond acceptors (Lipinski definition) is 3. The SMILES string of the molecule is C/C=C/CCNC1CCCC(NC(=O)OC(C)(C)C)C1. The molecule has 1 saturated carbocycles. The number of allylic oxidation sites excluding steroid dienone is 1. The molecular formula is C16H30N2O2. The largest absolute Gasteiger partial charge is 0.444 e. The summed E-state index contributed by atoms with van der Waals surface area (Å²) in [5, 5.41) is 6.56. The molecule has 1 rings (SSSR count). The highest BCUT2D eigenvalue weighted by atomic mass is 16.6. The summed E-state index contributed by atoms with van der Waals surface area (Å²) >= 11 is 0. The minimum atomic E-state index is -0.428. The summed E-state index contributed by atoms with van der Waals surface area (Å²) in [5.74, 6) is 0. The predicted octanol–water partition coefficient (Wildman–Crippen LogP) is 3.38. The van der Waals surface area contributed by atoms with Crippen LogP contribution in [0.2, 0.25) is 0 Å². The molecule has 2 atom stereocenters. The third-order valence-electron chi connectivity index (χ3n) is 3.37. The maximum absolute atomic E-state index is 11.8. The van der Waals surface area contributed by atoms with Gasteiger partial charge in [0.1, 0.15) is 5.60 Å². The van der Waals surface area contributed by atoms with Crippen LogP contribution in [0.3, 0.4) is 0 Å². The van der Waals surface area contributed by atoms with E-state index in [1.165, 1.54) is 6.42 Å². The molecule has 0 saturated heterocycles. The molecule has 1 aliphatic carbocycles. The maximum Gasteiger partial charge on any atom is 0.407 e. The van der Waals surface area contributed by atoms with Gasteiger partial charge in [-0.2, -0.15) is 0 Å². The Morgan fingerprint density at radius 1 is 1.30 bits per heavy atom. The molecule has 1 amide bonds. The number of ether oxygens (including phenoxy) is 1. The Labute approximate surface area is 123 Å². The van der Waals surface area contributed by atoms with E-state index in [9.17, 15) is 4.79 Å². The summed E-state index contributed by atoms with van der Waals surface area (Å²) in [6.45, 7) is 8.72. The van der Waals surface area contributed by atoms with Crippen molar-refractivity contribution < 1.29 is 9.53 Å². The second-order valence-corrected chi connectivity index (χ2v) is 6.52. The lowest BCUT2D eigenvalue weighted by molar-refractivity contribution is 0.0489. The van der Waals surface area contributed by atoms with Crippen LogP contribution in [0.4, 0.5) is 4.79 Å². The van der Waals surface area contributed by atoms with Crippen LogP contribution in [0.15, 0.2) is 12.2 Å². The quantitative estimate of drug-likeness (QED) is 0.600. The molecule has 4 nitrogen and oxygen atoms in total. The molecule has 1 aliphatic rings. The van der Waals surface area contributed by atoms with E-state index >= 15 is 0 Å². The zero-order valence-corrected chi connectivity index (χ0v) is 13.4. The van der Waals surface area contributed by atoms with E-state index in [0.29, 0.717) is 6.04 Å². The zero-order valence-electron chi connectivity index (χ0n) is 13.4. The van der Waals surface area contributed by atoms with Crippen LogP contribution in [0, 0.1) is 0 Å². The summed E-state index contributed by atoms with van der Waals surface area (Å²) in [6.07, 6.45) is 9.42. The topological polar surface area (TPSA) is 50.4 Å². The van der Waals surface area contributed by atoms with Crippen molar-refractivity contribution >= 4 is 6.09 Å². The lowest BCUT2D eigenvalue weighted by Gasteiger charge is -2.31. The monoisotopic (exact) mass is 282 g/mol. The summed E-state index contributed by atoms with van der Waals surface area (Å²) in [5.41, 5.74) is -0.428. The van der Waals surface area contributed by atoms with E-state index in [4.69, 9.17) is 4.74 Å². The van der Waals surface area contributed by atoms with Crippen molar-refractivity contribution in [1.29, 1.82) is 0 Å². The van der Waals surface area contributed by atoms with Gasteiger partial charge < -0.3 is 15.4 Å². The number of carbonyl (C=O) groups is 1. The van der Waals surface area contributed by atoms with Crippen LogP contribution >= 0.6 is 0 Å². The van der Waals surface area contributed by atoms with Gasteiger partial charge in [-0.1, -0.05) is 12.2 Å². The molecule has 0 aromatic heterocycles. The van der Waals surface area contributed by atoms with Crippen molar-refractivity contribution in [1.82, 2.24) is 10.6 Å². The lowest BCUT2D eigenvalue weighted by Crippen LogP contribution is -2.45. The van der Waals surface area contributed by atoms with Crippen molar-refractivity contribution in [2.45, 2.75) is 77.5 Å². The number of carbonyl (C=O) groups excluding carboxylic acids is 1. The molecule has 0 aliphatic heterocycles. The van der Waals surface area contributed by atoms with Crippen LogP contribution in [-0.4, -0.2) is 30.3 Å². The normalized spacial score (nSPS) is 23.8. The molecule has 4 heteroatoms. The standard InChI is InChI=1S/C16H30N2O2/c1-5-6-7-11-17-13-9-8-10-14(12-13)18-15(19)20-16(2,3)4/h5-6,13-14,17H,7-12H2,1-4H3,(H,18,19)/b6-5+. The average Bonchev–Trinajstić information content (AvgIpc) is 2.32. The number of hydrogen-bond donors (Lipinski definition) is 2. The van der Waals surface area contributed by atoms with E-state index < -0.39 is 5.60 Å². The lowest BCUT2D eigenvalue weighted by atomic mass is 9.91. The molecule has 0 bridgehead atoms. The van der Waals surface area contributed by atoms with E-state index in [0.717, 1.165) is 32.2 Å². The van der Waals surface area contributed by atoms with Crippen molar-refractivity contribution in [2.75, 3.05) is 6.54 Å². The first-order valence-electron chi connectivity index (χ1n) is 7.75. The Kier molecular flexibility index (Phi) is 7.06. The van der Waals surface area contributed by atoms with Gasteiger partial charge in [0.25, 0.3) is 0 Å². The van der Waals surface area contributed by atoms with Gasteiger partial charge in [0, 0.05) is 12.1 Å². The first-order chi connectivity index (χ1) is 9.40. The fraction of sp³-hybridized carbons (Fsp3) is 0.812. The van der Waals surface area contributed by atoms with Gasteiger partial charge in [0.05, 0.1) is 0 Å². The van der Waals surface area contributed by atoms with Crippen LogP contribution in [-0.2, 0) is 4.74 Å². The van der Waals surface area contributed by atoms with Gasteiger partial charge in [0.15, 0.2) is 0 Å². The van der Waals surface area contributed by atoms with Crippen molar-refractivity contribution in [3.63, 3.8) is 0 Å². The maximum atomic E-state index is 11.8. The Morgan fingerprint density at radius 3 is 2.65 bits per heavy atom. The van der Waals surface area contributed by atoms with Gasteiger partial charge in [-0.15, -0.1) is 0 Å². The highest BCUT2D eigenvalue weighted by Gasteiger charge is 2.24. The van der Waals surface area contributed by atoms with Crippen LogP contribution in [0.25, 0.3) is 0 Å². The third-order valence-corrected chi connectivity index (χ3v) is 3.37. The Morgan fingerprint density at radius 2 is 2.00 bits per heavy atom. The fourth-order valence-electron chi connectivity index (χ4n) is 2.52. The van der Waals surface area contributed by atoms with Gasteiger partial charge in [-0.05, 0) is 66.3 Å². The van der Waals surface area contributed by atoms with E-state index in [-0.39, 0.29) is 12.1 Å². The smallest absolute Gasteiger partial charge is 0.407 e. The molecule has 0 heterocycles. The van der Waals surface area contributed by atoms with Crippen molar-refractivity contribution in [3.8, 4) is 0 Å². The highest BCUT2D eigenvalue weighted by molar-refractivity contribution is 5.68. The number of alkyl carbamates (subject to hydrolysis) is 1.